The molecule has 0 aliphatic carbocycles. The predicted molar refractivity (Wildman–Crippen MR) is 158 cm³/mol. The monoisotopic (exact) mass is 606 g/mol. The first-order valence-electron chi connectivity index (χ1n) is 13.6. The summed E-state index contributed by atoms with van der Waals surface area (Å²) in [4.78, 5) is 35.9. The van der Waals surface area contributed by atoms with Crippen molar-refractivity contribution in [2.45, 2.75) is 71.2 Å². The fourth-order valence-corrected chi connectivity index (χ4v) is 4.56. The summed E-state index contributed by atoms with van der Waals surface area (Å²) in [6.07, 6.45) is 10.8. The van der Waals surface area contributed by atoms with Crippen LogP contribution in [0.5, 0.6) is 5.88 Å². The number of aliphatic carboxylic acids is 1. The van der Waals surface area contributed by atoms with E-state index < -0.39 is 12.0 Å². The number of aromatic nitrogens is 2. The van der Waals surface area contributed by atoms with Gasteiger partial charge in [-0.25, -0.2) is 14.8 Å². The summed E-state index contributed by atoms with van der Waals surface area (Å²) in [5.41, 5.74) is 2.00. The van der Waals surface area contributed by atoms with Gasteiger partial charge >= 0.3 is 5.97 Å². The zero-order valence-corrected chi connectivity index (χ0v) is 25.4. The van der Waals surface area contributed by atoms with Crippen molar-refractivity contribution in [2.24, 2.45) is 11.0 Å². The number of ether oxygens (including phenoxy) is 1. The minimum absolute atomic E-state index is 0.145. The molecule has 3 atom stereocenters. The fourth-order valence-electron chi connectivity index (χ4n) is 4.40. The number of carboxylic acid groups (broad SMARTS) is 1. The number of carbonyl (C=O) groups excluding carboxylic acids is 1. The zero-order chi connectivity index (χ0) is 28.8. The molecule has 1 aliphatic rings. The zero-order valence-electron chi connectivity index (χ0n) is 23.8. The Kier molecular flexibility index (Phi) is 14.0. The molecule has 2 heterocycles. The Balaban J connectivity index is 2.23. The molecule has 2 unspecified atom stereocenters. The molecule has 0 radical (unpaired) electrons. The highest BCUT2D eigenvalue weighted by Gasteiger charge is 2.27. The third-order valence-corrected chi connectivity index (χ3v) is 6.88. The van der Waals surface area contributed by atoms with Crippen LogP contribution in [0.1, 0.15) is 60.3 Å². The van der Waals surface area contributed by atoms with Crippen LogP contribution < -0.4 is 9.64 Å². The van der Waals surface area contributed by atoms with Crippen molar-refractivity contribution in [1.29, 1.82) is 0 Å². The number of hydrogen-bond donors (Lipinski definition) is 1. The highest BCUT2D eigenvalue weighted by Crippen LogP contribution is 2.22. The summed E-state index contributed by atoms with van der Waals surface area (Å²) in [6, 6.07) is 1.02. The predicted octanol–water partition coefficient (Wildman–Crippen LogP) is 4.72. The van der Waals surface area contributed by atoms with E-state index in [2.05, 4.69) is 61.9 Å². The average Bonchev–Trinajstić information content (AvgIpc) is 2.91. The molecule has 0 aromatic carbocycles. The van der Waals surface area contributed by atoms with Gasteiger partial charge in [-0.15, -0.1) is 0 Å². The van der Waals surface area contributed by atoms with Crippen molar-refractivity contribution < 1.29 is 19.4 Å². The van der Waals surface area contributed by atoms with Gasteiger partial charge in [0.1, 0.15) is 24.8 Å². The van der Waals surface area contributed by atoms with Gasteiger partial charge in [0.05, 0.1) is 0 Å². The highest BCUT2D eigenvalue weighted by atomic mass is 79.9. The molecule has 2 rings (SSSR count). The maximum absolute atomic E-state index is 11.8. The molecule has 11 heteroatoms. The number of allylic oxidation sites excluding steroid dienone is 2. The van der Waals surface area contributed by atoms with Crippen molar-refractivity contribution in [1.82, 2.24) is 19.9 Å². The standard InChI is InChI=1S/C28H43BrN6O4/c1-6-13-35(32-7-2)23(5)24(11-10-22(4)29)18-39-27-16-26(30-19-31-27)33-14-8-9-25(28(37)38)34(20-36)17-21(3)12-15-33/h7,10-11,16,19-22,25H,6,8-9,12-15,17-18H2,1-5H3,(H,37,38)/b11-10-,24-23-,32-7+/t21?,22?,25-/m0/s1. The molecule has 1 fully saturated rings. The topological polar surface area (TPSA) is 111 Å². The summed E-state index contributed by atoms with van der Waals surface area (Å²) in [7, 11) is 0. The maximum Gasteiger partial charge on any atom is 0.326 e. The third kappa shape index (κ3) is 10.6. The van der Waals surface area contributed by atoms with Crippen LogP contribution in [-0.2, 0) is 9.59 Å². The van der Waals surface area contributed by atoms with Gasteiger partial charge < -0.3 is 19.6 Å². The molecule has 1 N–H and O–H groups in total. The van der Waals surface area contributed by atoms with Crippen LogP contribution in [-0.4, -0.2) is 87.2 Å². The first-order valence-corrected chi connectivity index (χ1v) is 14.5. The van der Waals surface area contributed by atoms with Crippen molar-refractivity contribution in [3.63, 3.8) is 0 Å². The summed E-state index contributed by atoms with van der Waals surface area (Å²) in [5, 5.41) is 16.2. The minimum Gasteiger partial charge on any atom is -0.480 e. The molecular formula is C28H43BrN6O4. The number of hydrazone groups is 1. The van der Waals surface area contributed by atoms with Crippen LogP contribution in [0.15, 0.2) is 40.9 Å². The lowest BCUT2D eigenvalue weighted by atomic mass is 10.0. The van der Waals surface area contributed by atoms with E-state index in [1.807, 2.05) is 31.8 Å². The van der Waals surface area contributed by atoms with E-state index in [4.69, 9.17) is 4.74 Å². The van der Waals surface area contributed by atoms with Gasteiger partial charge in [0.25, 0.3) is 0 Å². The molecule has 0 saturated carbocycles. The second kappa shape index (κ2) is 16.9. The smallest absolute Gasteiger partial charge is 0.326 e. The Hall–Kier alpha value is -2.95. The lowest BCUT2D eigenvalue weighted by Gasteiger charge is -2.32. The second-order valence-corrected chi connectivity index (χ2v) is 11.3. The first kappa shape index (κ1) is 32.3. The molecule has 1 aliphatic heterocycles. The molecular weight excluding hydrogens is 564 g/mol. The molecule has 1 aromatic heterocycles. The van der Waals surface area contributed by atoms with Gasteiger partial charge in [0, 0.05) is 54.6 Å². The summed E-state index contributed by atoms with van der Waals surface area (Å²) in [5.74, 6) is 0.379. The molecule has 1 saturated heterocycles. The van der Waals surface area contributed by atoms with E-state index in [9.17, 15) is 14.7 Å². The van der Waals surface area contributed by atoms with E-state index in [1.54, 1.807) is 6.21 Å². The first-order chi connectivity index (χ1) is 18.7. The Morgan fingerprint density at radius 3 is 2.77 bits per heavy atom. The van der Waals surface area contributed by atoms with E-state index >= 15 is 0 Å². The lowest BCUT2D eigenvalue weighted by molar-refractivity contribution is -0.147. The lowest BCUT2D eigenvalue weighted by Crippen LogP contribution is -2.44. The van der Waals surface area contributed by atoms with Crippen LogP contribution in [0.2, 0.25) is 0 Å². The van der Waals surface area contributed by atoms with E-state index in [0.717, 1.165) is 43.0 Å². The largest absolute Gasteiger partial charge is 0.480 e. The molecule has 216 valence electrons. The summed E-state index contributed by atoms with van der Waals surface area (Å²) >= 11 is 3.57. The van der Waals surface area contributed by atoms with Gasteiger partial charge in [0.2, 0.25) is 12.3 Å². The van der Waals surface area contributed by atoms with Gasteiger partial charge in [-0.1, -0.05) is 41.9 Å². The van der Waals surface area contributed by atoms with Crippen molar-refractivity contribution in [3.8, 4) is 5.88 Å². The van der Waals surface area contributed by atoms with Gasteiger partial charge in [-0.05, 0) is 52.4 Å². The van der Waals surface area contributed by atoms with Crippen molar-refractivity contribution >= 4 is 40.3 Å². The SMILES string of the molecule is C/C=N/N(CCC)/C(C)=C(/C=C\C(C)Br)COc1cc(N2CCC[C@@H](C(=O)O)N(C=O)CC(C)CC2)ncn1. The summed E-state index contributed by atoms with van der Waals surface area (Å²) in [6.45, 7) is 13.0. The molecule has 1 aromatic rings. The summed E-state index contributed by atoms with van der Waals surface area (Å²) < 4.78 is 6.15. The van der Waals surface area contributed by atoms with Gasteiger partial charge in [-0.3, -0.25) is 9.80 Å². The Morgan fingerprint density at radius 1 is 1.36 bits per heavy atom. The number of amides is 1. The van der Waals surface area contributed by atoms with E-state index in [0.29, 0.717) is 44.8 Å². The fraction of sp³-hybridized carbons (Fsp3) is 0.607. The van der Waals surface area contributed by atoms with Crippen LogP contribution >= 0.6 is 15.9 Å². The molecule has 0 bridgehead atoms. The van der Waals surface area contributed by atoms with Gasteiger partial charge in [-0.2, -0.15) is 5.10 Å². The molecule has 1 amide bonds. The normalized spacial score (nSPS) is 20.6. The molecule has 0 spiro atoms. The van der Waals surface area contributed by atoms with Gasteiger partial charge in [0.15, 0.2) is 0 Å². The number of halogens is 1. The molecule has 10 nitrogen and oxygen atoms in total. The van der Waals surface area contributed by atoms with Crippen molar-refractivity contribution in [3.05, 3.63) is 35.8 Å². The minimum atomic E-state index is -0.969. The quantitative estimate of drug-likeness (QED) is 0.119. The number of alkyl halides is 1. The Morgan fingerprint density at radius 2 is 2.13 bits per heavy atom. The number of nitrogens with zero attached hydrogens (tertiary/aromatic N) is 6. The average molecular weight is 608 g/mol. The maximum atomic E-state index is 11.8. The van der Waals surface area contributed by atoms with Crippen LogP contribution in [0, 0.1) is 5.92 Å². The van der Waals surface area contributed by atoms with Crippen molar-refractivity contribution in [2.75, 3.05) is 37.7 Å². The Bertz CT molecular complexity index is 1020. The van der Waals surface area contributed by atoms with Crippen LogP contribution in [0.3, 0.4) is 0 Å². The van der Waals surface area contributed by atoms with Crippen LogP contribution in [0.4, 0.5) is 5.82 Å². The van der Waals surface area contributed by atoms with E-state index in [-0.39, 0.29) is 10.7 Å². The number of anilines is 1. The number of rotatable bonds is 12. The second-order valence-electron chi connectivity index (χ2n) is 9.83. The molecule has 39 heavy (non-hydrogen) atoms. The van der Waals surface area contributed by atoms with E-state index in [1.165, 1.54) is 11.2 Å². The number of carboxylic acids is 1. The number of hydrogen-bond acceptors (Lipinski definition) is 8. The van der Waals surface area contributed by atoms with Crippen LogP contribution in [0.25, 0.3) is 0 Å². The Labute approximate surface area is 240 Å². The third-order valence-electron chi connectivity index (χ3n) is 6.57. The number of carbonyl (C=O) groups is 2. The highest BCUT2D eigenvalue weighted by molar-refractivity contribution is 9.09.